The molecule has 1 N–H and O–H groups in total. The fourth-order valence-corrected chi connectivity index (χ4v) is 4.72. The normalized spacial score (nSPS) is 11.6. The Morgan fingerprint density at radius 2 is 2.10 bits per heavy atom. The Labute approximate surface area is 171 Å². The summed E-state index contributed by atoms with van der Waals surface area (Å²) in [5.74, 6) is -1.05. The summed E-state index contributed by atoms with van der Waals surface area (Å²) in [4.78, 5) is 28.6. The average Bonchev–Trinajstić information content (AvgIpc) is 3.24. The van der Waals surface area contributed by atoms with E-state index < -0.39 is 12.2 Å². The highest BCUT2D eigenvalue weighted by atomic mass is 32.2. The number of carbonyl (C=O) groups is 1. The quantitative estimate of drug-likeness (QED) is 0.430. The van der Waals surface area contributed by atoms with Crippen molar-refractivity contribution in [3.05, 3.63) is 53.0 Å². The molecule has 29 heavy (non-hydrogen) atoms. The zero-order valence-electron chi connectivity index (χ0n) is 14.9. The average molecular weight is 435 g/mol. The Kier molecular flexibility index (Phi) is 5.63. The molecular formula is C19H15F2N3O3S2. The second-order valence-corrected chi connectivity index (χ2v) is 8.45. The van der Waals surface area contributed by atoms with E-state index in [1.165, 1.54) is 15.9 Å². The monoisotopic (exact) mass is 435 g/mol. The van der Waals surface area contributed by atoms with Crippen LogP contribution in [-0.4, -0.2) is 27.6 Å². The minimum Gasteiger partial charge on any atom is -0.408 e. The summed E-state index contributed by atoms with van der Waals surface area (Å²) in [6, 6.07) is 12.2. The van der Waals surface area contributed by atoms with Crippen molar-refractivity contribution in [1.82, 2.24) is 9.55 Å². The molecule has 0 aliphatic heterocycles. The van der Waals surface area contributed by atoms with E-state index in [9.17, 15) is 18.4 Å². The van der Waals surface area contributed by atoms with Crippen molar-refractivity contribution in [3.8, 4) is 0 Å². The number of fused-ring (bicyclic) bond motifs is 2. The number of nitrogens with zero attached hydrogens (tertiary/aromatic N) is 2. The first-order chi connectivity index (χ1) is 14.0. The SMILES string of the molecule is O=C(CCn1c(=O)oc2ccccc21)Nc1ccc2nc(SCC(F)F)sc2c1. The zero-order valence-corrected chi connectivity index (χ0v) is 16.6. The summed E-state index contributed by atoms with van der Waals surface area (Å²) in [5.41, 5.74) is 2.40. The van der Waals surface area contributed by atoms with Gasteiger partial charge in [-0.15, -0.1) is 11.3 Å². The maximum Gasteiger partial charge on any atom is 0.419 e. The van der Waals surface area contributed by atoms with Gasteiger partial charge in [0.25, 0.3) is 0 Å². The Bertz CT molecular complexity index is 1230. The molecule has 0 aliphatic rings. The van der Waals surface area contributed by atoms with Crippen molar-refractivity contribution in [2.45, 2.75) is 23.7 Å². The van der Waals surface area contributed by atoms with E-state index in [-0.39, 0.29) is 24.6 Å². The van der Waals surface area contributed by atoms with Crippen LogP contribution in [0.15, 0.2) is 56.0 Å². The lowest BCUT2D eigenvalue weighted by Gasteiger charge is -2.05. The van der Waals surface area contributed by atoms with E-state index in [4.69, 9.17) is 4.42 Å². The molecule has 0 atom stereocenters. The largest absolute Gasteiger partial charge is 0.419 e. The number of hydrogen-bond acceptors (Lipinski definition) is 6. The Hall–Kier alpha value is -2.72. The maximum absolute atomic E-state index is 12.4. The van der Waals surface area contributed by atoms with Gasteiger partial charge in [-0.2, -0.15) is 0 Å². The second kappa shape index (κ2) is 8.34. The number of hydrogen-bond donors (Lipinski definition) is 1. The molecule has 0 spiro atoms. The van der Waals surface area contributed by atoms with Gasteiger partial charge in [0.05, 0.1) is 21.5 Å². The number of para-hydroxylation sites is 2. The number of thiazole rings is 1. The third kappa shape index (κ3) is 4.48. The highest BCUT2D eigenvalue weighted by molar-refractivity contribution is 8.01. The minimum atomic E-state index is -2.39. The molecule has 4 aromatic rings. The smallest absolute Gasteiger partial charge is 0.408 e. The molecule has 0 bridgehead atoms. The van der Waals surface area contributed by atoms with Crippen LogP contribution in [0.3, 0.4) is 0 Å². The predicted octanol–water partition coefficient (Wildman–Crippen LogP) is 4.59. The maximum atomic E-state index is 12.4. The second-order valence-electron chi connectivity index (χ2n) is 6.15. The van der Waals surface area contributed by atoms with Crippen molar-refractivity contribution < 1.29 is 18.0 Å². The number of carbonyl (C=O) groups excluding carboxylic acids is 1. The summed E-state index contributed by atoms with van der Waals surface area (Å²) < 4.78 is 32.6. The van der Waals surface area contributed by atoms with E-state index in [0.29, 0.717) is 26.6 Å². The zero-order chi connectivity index (χ0) is 20.4. The molecule has 0 fully saturated rings. The van der Waals surface area contributed by atoms with Crippen LogP contribution in [0, 0.1) is 0 Å². The van der Waals surface area contributed by atoms with E-state index in [1.54, 1.807) is 42.5 Å². The van der Waals surface area contributed by atoms with E-state index in [0.717, 1.165) is 16.5 Å². The Morgan fingerprint density at radius 3 is 2.93 bits per heavy atom. The standard InChI is InChI=1S/C19H15F2N3O3S2/c20-16(21)10-28-18-23-12-6-5-11(9-15(12)29-18)22-17(25)7-8-24-13-3-1-2-4-14(13)27-19(24)26/h1-6,9,16H,7-8,10H2,(H,22,25). The molecule has 4 rings (SSSR count). The Balaban J connectivity index is 1.42. The molecule has 10 heteroatoms. The Morgan fingerprint density at radius 1 is 1.28 bits per heavy atom. The van der Waals surface area contributed by atoms with Crippen LogP contribution in [0.4, 0.5) is 14.5 Å². The van der Waals surface area contributed by atoms with Crippen LogP contribution in [-0.2, 0) is 11.3 Å². The molecule has 6 nitrogen and oxygen atoms in total. The molecule has 2 aromatic carbocycles. The van der Waals surface area contributed by atoms with Crippen LogP contribution in [0.25, 0.3) is 21.3 Å². The number of aromatic nitrogens is 2. The van der Waals surface area contributed by atoms with Crippen LogP contribution in [0.5, 0.6) is 0 Å². The number of amides is 1. The van der Waals surface area contributed by atoms with Gasteiger partial charge in [0.2, 0.25) is 12.3 Å². The van der Waals surface area contributed by atoms with Crippen molar-refractivity contribution in [1.29, 1.82) is 0 Å². The number of anilines is 1. The molecular weight excluding hydrogens is 420 g/mol. The lowest BCUT2D eigenvalue weighted by atomic mass is 10.3. The summed E-state index contributed by atoms with van der Waals surface area (Å²) >= 11 is 2.32. The molecule has 1 amide bonds. The molecule has 150 valence electrons. The molecule has 0 unspecified atom stereocenters. The van der Waals surface area contributed by atoms with Crippen molar-refractivity contribution in [3.63, 3.8) is 0 Å². The number of aryl methyl sites for hydroxylation is 1. The molecule has 2 heterocycles. The van der Waals surface area contributed by atoms with Crippen molar-refractivity contribution in [2.75, 3.05) is 11.1 Å². The van der Waals surface area contributed by atoms with Crippen LogP contribution in [0.2, 0.25) is 0 Å². The van der Waals surface area contributed by atoms with Crippen molar-refractivity contribution in [2.24, 2.45) is 0 Å². The highest BCUT2D eigenvalue weighted by Crippen LogP contribution is 2.32. The van der Waals surface area contributed by atoms with Crippen LogP contribution in [0.1, 0.15) is 6.42 Å². The van der Waals surface area contributed by atoms with Gasteiger partial charge in [-0.25, -0.2) is 18.6 Å². The van der Waals surface area contributed by atoms with Gasteiger partial charge in [0.1, 0.15) is 0 Å². The predicted molar refractivity (Wildman–Crippen MR) is 110 cm³/mol. The summed E-state index contributed by atoms with van der Waals surface area (Å²) in [7, 11) is 0. The number of alkyl halides is 2. The number of benzene rings is 2. The van der Waals surface area contributed by atoms with Gasteiger partial charge >= 0.3 is 5.76 Å². The number of nitrogens with one attached hydrogen (secondary N) is 1. The number of halogens is 2. The van der Waals surface area contributed by atoms with Gasteiger partial charge in [-0.1, -0.05) is 23.9 Å². The third-order valence-corrected chi connectivity index (χ3v) is 6.29. The van der Waals surface area contributed by atoms with E-state index >= 15 is 0 Å². The molecule has 0 aliphatic carbocycles. The number of oxazole rings is 1. The highest BCUT2D eigenvalue weighted by Gasteiger charge is 2.12. The molecule has 0 saturated carbocycles. The lowest BCUT2D eigenvalue weighted by Crippen LogP contribution is -2.19. The molecule has 0 saturated heterocycles. The fourth-order valence-electron chi connectivity index (χ4n) is 2.84. The first kappa shape index (κ1) is 19.6. The summed E-state index contributed by atoms with van der Waals surface area (Å²) in [5, 5.41) is 2.79. The van der Waals surface area contributed by atoms with Gasteiger partial charge in [0, 0.05) is 18.7 Å². The van der Waals surface area contributed by atoms with Crippen LogP contribution < -0.4 is 11.1 Å². The van der Waals surface area contributed by atoms with E-state index in [1.807, 2.05) is 0 Å². The topological polar surface area (TPSA) is 77.1 Å². The minimum absolute atomic E-state index is 0.0969. The fraction of sp³-hybridized carbons (Fsp3) is 0.211. The first-order valence-electron chi connectivity index (χ1n) is 8.69. The first-order valence-corrected chi connectivity index (χ1v) is 10.5. The van der Waals surface area contributed by atoms with Gasteiger partial charge in [-0.3, -0.25) is 9.36 Å². The molecule has 0 radical (unpaired) electrons. The summed E-state index contributed by atoms with van der Waals surface area (Å²) in [6.45, 7) is 0.193. The van der Waals surface area contributed by atoms with Gasteiger partial charge in [-0.05, 0) is 30.3 Å². The third-order valence-electron chi connectivity index (χ3n) is 4.12. The van der Waals surface area contributed by atoms with Crippen molar-refractivity contribution >= 4 is 56.0 Å². The lowest BCUT2D eigenvalue weighted by molar-refractivity contribution is -0.116. The summed E-state index contributed by atoms with van der Waals surface area (Å²) in [6.07, 6.45) is -2.29. The number of rotatable bonds is 7. The van der Waals surface area contributed by atoms with Crippen LogP contribution >= 0.6 is 23.1 Å². The van der Waals surface area contributed by atoms with Gasteiger partial charge in [0.15, 0.2) is 9.92 Å². The van der Waals surface area contributed by atoms with E-state index in [2.05, 4.69) is 10.3 Å². The van der Waals surface area contributed by atoms with Gasteiger partial charge < -0.3 is 9.73 Å². The molecule has 2 aromatic heterocycles. The number of thioether (sulfide) groups is 1.